The monoisotopic (exact) mass is 196 g/mol. The van der Waals surface area contributed by atoms with Crippen LogP contribution in [-0.4, -0.2) is 9.31 Å². The number of benzene rings is 2. The van der Waals surface area contributed by atoms with Crippen LogP contribution < -0.4 is 5.19 Å². The Hall–Kier alpha value is -1.54. The van der Waals surface area contributed by atoms with Crippen LogP contribution in [0.4, 0.5) is 5.69 Å². The summed E-state index contributed by atoms with van der Waals surface area (Å²) >= 11 is 0. The molecule has 2 aromatic carbocycles. The Bertz CT molecular complexity index is 367. The Kier molecular flexibility index (Phi) is 2.98. The Labute approximate surface area is 86.0 Å². The van der Waals surface area contributed by atoms with Crippen molar-refractivity contribution in [3.05, 3.63) is 60.7 Å². The van der Waals surface area contributed by atoms with Crippen LogP contribution in [0.1, 0.15) is 0 Å². The molecule has 2 aromatic rings. The number of hydrogen-bond acceptors (Lipinski definition) is 1. The molecule has 1 nitrogen and oxygen atoms in total. The van der Waals surface area contributed by atoms with Crippen molar-refractivity contribution in [2.45, 2.75) is 0 Å². The first-order valence-electron chi connectivity index (χ1n) is 4.52. The van der Waals surface area contributed by atoms with Crippen molar-refractivity contribution < 1.29 is 0 Å². The van der Waals surface area contributed by atoms with Gasteiger partial charge in [-0.2, -0.15) is 0 Å². The molecule has 2 heteroatoms. The highest BCUT2D eigenvalue weighted by Gasteiger charge is 1.86. The molecule has 0 aliphatic heterocycles. The van der Waals surface area contributed by atoms with Gasteiger partial charge in [-0.3, -0.25) is 4.63 Å². The molecule has 0 spiro atoms. The second kappa shape index (κ2) is 4.63. The first kappa shape index (κ1) is 9.03. The number of rotatable bonds is 2. The third-order valence-electron chi connectivity index (χ3n) is 1.84. The van der Waals surface area contributed by atoms with Gasteiger partial charge in [-0.25, -0.2) is 0 Å². The predicted octanol–water partition coefficient (Wildman–Crippen LogP) is 2.53. The van der Waals surface area contributed by atoms with E-state index in [-0.39, 0.29) is 0 Å². The minimum atomic E-state index is 0.507. The lowest BCUT2D eigenvalue weighted by atomic mass is 10.3. The van der Waals surface area contributed by atoms with Gasteiger partial charge >= 0.3 is 0 Å². The van der Waals surface area contributed by atoms with E-state index in [9.17, 15) is 0 Å². The molecule has 0 fully saturated rings. The molecule has 0 N–H and O–H groups in total. The first-order chi connectivity index (χ1) is 6.95. The molecule has 67 valence electrons. The van der Waals surface area contributed by atoms with Crippen LogP contribution in [0.5, 0.6) is 0 Å². The van der Waals surface area contributed by atoms with E-state index in [1.807, 2.05) is 48.5 Å². The summed E-state index contributed by atoms with van der Waals surface area (Å²) in [6.45, 7) is 0. The molecule has 0 aliphatic carbocycles. The van der Waals surface area contributed by atoms with E-state index in [1.165, 1.54) is 5.19 Å². The van der Waals surface area contributed by atoms with Crippen molar-refractivity contribution in [2.24, 2.45) is 4.63 Å². The quantitative estimate of drug-likeness (QED) is 0.654. The molecule has 1 radical (unpaired) electrons. The Morgan fingerprint density at radius 2 is 1.29 bits per heavy atom. The van der Waals surface area contributed by atoms with Crippen LogP contribution in [0.25, 0.3) is 0 Å². The summed E-state index contributed by atoms with van der Waals surface area (Å²) in [5.41, 5.74) is 1.05. The molecule has 0 saturated carbocycles. The van der Waals surface area contributed by atoms with E-state index in [0.717, 1.165) is 5.69 Å². The summed E-state index contributed by atoms with van der Waals surface area (Å²) < 4.78 is 4.50. The van der Waals surface area contributed by atoms with Crippen molar-refractivity contribution in [3.8, 4) is 0 Å². The van der Waals surface area contributed by atoms with Crippen LogP contribution in [0.2, 0.25) is 0 Å². The van der Waals surface area contributed by atoms with Crippen molar-refractivity contribution in [3.63, 3.8) is 0 Å². The van der Waals surface area contributed by atoms with Crippen molar-refractivity contribution in [2.75, 3.05) is 0 Å². The number of hydrogen-bond donors (Lipinski definition) is 0. The highest BCUT2D eigenvalue weighted by molar-refractivity contribution is 6.42. The predicted molar refractivity (Wildman–Crippen MR) is 60.4 cm³/mol. The van der Waals surface area contributed by atoms with Crippen LogP contribution in [0.15, 0.2) is 65.3 Å². The van der Waals surface area contributed by atoms with Crippen LogP contribution in [0.3, 0.4) is 0 Å². The molecule has 0 atom stereocenters. The lowest BCUT2D eigenvalue weighted by Crippen LogP contribution is -2.03. The van der Waals surface area contributed by atoms with E-state index >= 15 is 0 Å². The minimum Gasteiger partial charge on any atom is -0.295 e. The van der Waals surface area contributed by atoms with Crippen LogP contribution in [-0.2, 0) is 0 Å². The summed E-state index contributed by atoms with van der Waals surface area (Å²) in [7, 11) is 0.507. The Balaban J connectivity index is 2.16. The van der Waals surface area contributed by atoms with Crippen molar-refractivity contribution in [1.29, 1.82) is 0 Å². The van der Waals surface area contributed by atoms with Gasteiger partial charge in [-0.05, 0) is 17.3 Å². The molecule has 0 amide bonds. The molecular formula is C12H10NSi. The van der Waals surface area contributed by atoms with Crippen LogP contribution >= 0.6 is 0 Å². The number of nitrogens with zero attached hydrogens (tertiary/aromatic N) is 1. The summed E-state index contributed by atoms with van der Waals surface area (Å²) in [5, 5.41) is 1.27. The highest BCUT2D eigenvalue weighted by atomic mass is 28.2. The van der Waals surface area contributed by atoms with Gasteiger partial charge < -0.3 is 0 Å². The fourth-order valence-corrected chi connectivity index (χ4v) is 1.89. The minimum absolute atomic E-state index is 0.507. The zero-order valence-electron chi connectivity index (χ0n) is 7.72. The maximum absolute atomic E-state index is 4.50. The van der Waals surface area contributed by atoms with E-state index in [2.05, 4.69) is 16.8 Å². The second-order valence-electron chi connectivity index (χ2n) is 2.93. The van der Waals surface area contributed by atoms with Gasteiger partial charge in [0.15, 0.2) is 9.31 Å². The van der Waals surface area contributed by atoms with Gasteiger partial charge in [0.2, 0.25) is 0 Å². The topological polar surface area (TPSA) is 12.4 Å². The lowest BCUT2D eigenvalue weighted by Gasteiger charge is -1.91. The van der Waals surface area contributed by atoms with E-state index < -0.39 is 0 Å². The highest BCUT2D eigenvalue weighted by Crippen LogP contribution is 2.07. The van der Waals surface area contributed by atoms with Gasteiger partial charge in [0, 0.05) is 0 Å². The fourth-order valence-electron chi connectivity index (χ4n) is 1.14. The van der Waals surface area contributed by atoms with E-state index in [0.29, 0.717) is 9.31 Å². The fraction of sp³-hybridized carbons (Fsp3) is 0. The van der Waals surface area contributed by atoms with Gasteiger partial charge in [-0.1, -0.05) is 48.5 Å². The molecule has 0 saturated heterocycles. The zero-order valence-corrected chi connectivity index (χ0v) is 8.72. The molecule has 0 heterocycles. The van der Waals surface area contributed by atoms with Gasteiger partial charge in [-0.15, -0.1) is 0 Å². The lowest BCUT2D eigenvalue weighted by molar-refractivity contribution is 1.55. The Morgan fingerprint density at radius 1 is 0.714 bits per heavy atom. The largest absolute Gasteiger partial charge is 0.295 e. The summed E-state index contributed by atoms with van der Waals surface area (Å²) in [5.74, 6) is 0. The summed E-state index contributed by atoms with van der Waals surface area (Å²) in [6, 6.07) is 20.4. The molecule has 0 bridgehead atoms. The third-order valence-corrected chi connectivity index (χ3v) is 2.81. The van der Waals surface area contributed by atoms with Gasteiger partial charge in [0.05, 0.1) is 5.69 Å². The molecular weight excluding hydrogens is 186 g/mol. The molecule has 14 heavy (non-hydrogen) atoms. The molecule has 0 unspecified atom stereocenters. The van der Waals surface area contributed by atoms with Gasteiger partial charge in [0.25, 0.3) is 0 Å². The average Bonchev–Trinajstić information content (AvgIpc) is 2.29. The first-order valence-corrected chi connectivity index (χ1v) is 5.47. The second-order valence-corrected chi connectivity index (χ2v) is 3.95. The normalized spacial score (nSPS) is 10.6. The standard InChI is InChI=1S/C12H10NSi/c1-3-7-11(8-4-1)13-14-12-9-5-2-6-10-12/h1-10H. The molecule has 0 aromatic heterocycles. The van der Waals surface area contributed by atoms with E-state index in [1.54, 1.807) is 0 Å². The zero-order chi connectivity index (χ0) is 9.64. The maximum Gasteiger partial charge on any atom is 0.196 e. The summed E-state index contributed by atoms with van der Waals surface area (Å²) in [6.07, 6.45) is 0. The van der Waals surface area contributed by atoms with Crippen molar-refractivity contribution >= 4 is 20.2 Å². The SMILES string of the molecule is c1ccc(N=[Si]c2ccccc2)cc1. The van der Waals surface area contributed by atoms with Gasteiger partial charge in [0.1, 0.15) is 0 Å². The van der Waals surface area contributed by atoms with E-state index in [4.69, 9.17) is 0 Å². The van der Waals surface area contributed by atoms with Crippen LogP contribution in [0, 0.1) is 0 Å². The smallest absolute Gasteiger partial charge is 0.196 e. The van der Waals surface area contributed by atoms with Crippen molar-refractivity contribution in [1.82, 2.24) is 0 Å². The maximum atomic E-state index is 4.50. The average molecular weight is 196 g/mol. The molecule has 0 aliphatic rings. The summed E-state index contributed by atoms with van der Waals surface area (Å²) in [4.78, 5) is 0. The molecule has 2 rings (SSSR count). The Morgan fingerprint density at radius 3 is 1.93 bits per heavy atom. The third kappa shape index (κ3) is 2.47.